The Kier molecular flexibility index (Phi) is 3.59. The molecule has 2 fully saturated rings. The molecule has 0 radical (unpaired) electrons. The van der Waals surface area contributed by atoms with E-state index < -0.39 is 5.92 Å². The van der Waals surface area contributed by atoms with E-state index >= 15 is 0 Å². The molecule has 0 bridgehead atoms. The highest BCUT2D eigenvalue weighted by molar-refractivity contribution is 5.90. The first-order valence-electron chi connectivity index (χ1n) is 7.36. The number of halogens is 2. The average Bonchev–Trinajstić information content (AvgIpc) is 3.21. The van der Waals surface area contributed by atoms with Gasteiger partial charge in [0.05, 0.1) is 0 Å². The Morgan fingerprint density at radius 1 is 1.38 bits per heavy atom. The van der Waals surface area contributed by atoms with E-state index in [2.05, 4.69) is 10.5 Å². The summed E-state index contributed by atoms with van der Waals surface area (Å²) in [5.74, 6) is -1.63. The van der Waals surface area contributed by atoms with Crippen LogP contribution in [0.15, 0.2) is 4.52 Å². The monoisotopic (exact) mass is 299 g/mol. The molecule has 1 N–H and O–H groups in total. The van der Waals surface area contributed by atoms with Crippen LogP contribution >= 0.6 is 0 Å². The molecule has 0 aromatic carbocycles. The number of aryl methyl sites for hydroxylation is 1. The van der Waals surface area contributed by atoms with Crippen LogP contribution < -0.4 is 5.32 Å². The first kappa shape index (κ1) is 14.3. The Hall–Kier alpha value is -1.66. The molecule has 2 heterocycles. The van der Waals surface area contributed by atoms with Crippen molar-refractivity contribution in [1.29, 1.82) is 0 Å². The third-order valence-corrected chi connectivity index (χ3v) is 4.07. The van der Waals surface area contributed by atoms with Gasteiger partial charge in [-0.3, -0.25) is 0 Å². The highest BCUT2D eigenvalue weighted by Gasteiger charge is 2.35. The summed E-state index contributed by atoms with van der Waals surface area (Å²) in [4.78, 5) is 13.7. The van der Waals surface area contributed by atoms with Crippen LogP contribution in [-0.2, 0) is 0 Å². The fourth-order valence-electron chi connectivity index (χ4n) is 2.62. The standard InChI is InChI=1S/C14H19F2N3O2/c1-9-11(12(21-18-9)10-3-4-10)17-13(20)19-7-2-5-14(15,16)6-8-19/h10H,2-8H2,1H3,(H,17,20). The molecule has 7 heteroatoms. The van der Waals surface area contributed by atoms with Gasteiger partial charge in [0.15, 0.2) is 5.76 Å². The van der Waals surface area contributed by atoms with E-state index in [0.29, 0.717) is 36.0 Å². The summed E-state index contributed by atoms with van der Waals surface area (Å²) in [6, 6.07) is -0.346. The lowest BCUT2D eigenvalue weighted by Crippen LogP contribution is -2.36. The van der Waals surface area contributed by atoms with Crippen LogP contribution in [0.25, 0.3) is 0 Å². The molecule has 1 aliphatic heterocycles. The van der Waals surface area contributed by atoms with Gasteiger partial charge in [0.2, 0.25) is 5.92 Å². The maximum atomic E-state index is 13.3. The number of hydrogen-bond acceptors (Lipinski definition) is 3. The molecule has 2 amide bonds. The molecule has 5 nitrogen and oxygen atoms in total. The summed E-state index contributed by atoms with van der Waals surface area (Å²) >= 11 is 0. The molecule has 0 spiro atoms. The summed E-state index contributed by atoms with van der Waals surface area (Å²) in [5.41, 5.74) is 1.24. The molecule has 1 saturated carbocycles. The zero-order valence-electron chi connectivity index (χ0n) is 12.0. The normalized spacial score (nSPS) is 22.0. The van der Waals surface area contributed by atoms with Crippen molar-refractivity contribution in [3.8, 4) is 0 Å². The van der Waals surface area contributed by atoms with Crippen LogP contribution in [0.5, 0.6) is 0 Å². The molecular weight excluding hydrogens is 280 g/mol. The van der Waals surface area contributed by atoms with E-state index in [-0.39, 0.29) is 25.4 Å². The summed E-state index contributed by atoms with van der Waals surface area (Å²) in [7, 11) is 0. The fourth-order valence-corrected chi connectivity index (χ4v) is 2.62. The number of hydrogen-bond donors (Lipinski definition) is 1. The van der Waals surface area contributed by atoms with Gasteiger partial charge >= 0.3 is 6.03 Å². The second-order valence-electron chi connectivity index (χ2n) is 5.91. The fraction of sp³-hybridized carbons (Fsp3) is 0.714. The van der Waals surface area contributed by atoms with Gasteiger partial charge in [-0.1, -0.05) is 5.16 Å². The number of aromatic nitrogens is 1. The van der Waals surface area contributed by atoms with Gasteiger partial charge in [-0.05, 0) is 26.2 Å². The molecule has 1 aromatic rings. The highest BCUT2D eigenvalue weighted by atomic mass is 19.3. The van der Waals surface area contributed by atoms with E-state index in [4.69, 9.17) is 4.52 Å². The molecule has 1 aliphatic carbocycles. The summed E-state index contributed by atoms with van der Waals surface area (Å²) < 4.78 is 31.9. The van der Waals surface area contributed by atoms with E-state index in [1.165, 1.54) is 4.90 Å². The van der Waals surface area contributed by atoms with Crippen molar-refractivity contribution in [3.63, 3.8) is 0 Å². The van der Waals surface area contributed by atoms with Crippen LogP contribution in [-0.4, -0.2) is 35.1 Å². The summed E-state index contributed by atoms with van der Waals surface area (Å²) in [5, 5.41) is 6.68. The molecule has 2 aliphatic rings. The molecular formula is C14H19F2N3O2. The summed E-state index contributed by atoms with van der Waals surface area (Å²) in [6.07, 6.45) is 1.95. The minimum atomic E-state index is -2.67. The Labute approximate surface area is 121 Å². The average molecular weight is 299 g/mol. The molecule has 0 unspecified atom stereocenters. The predicted molar refractivity (Wildman–Crippen MR) is 72.6 cm³/mol. The lowest BCUT2D eigenvalue weighted by atomic mass is 10.1. The van der Waals surface area contributed by atoms with Crippen LogP contribution in [0.1, 0.15) is 49.5 Å². The van der Waals surface area contributed by atoms with Crippen molar-refractivity contribution in [3.05, 3.63) is 11.5 Å². The van der Waals surface area contributed by atoms with Gasteiger partial charge in [-0.25, -0.2) is 13.6 Å². The Morgan fingerprint density at radius 2 is 2.14 bits per heavy atom. The topological polar surface area (TPSA) is 58.4 Å². The number of carbonyl (C=O) groups is 1. The molecule has 3 rings (SSSR count). The quantitative estimate of drug-likeness (QED) is 0.909. The van der Waals surface area contributed by atoms with Gasteiger partial charge in [-0.15, -0.1) is 0 Å². The third kappa shape index (κ3) is 3.16. The predicted octanol–water partition coefficient (Wildman–Crippen LogP) is 3.51. The lowest BCUT2D eigenvalue weighted by Gasteiger charge is -2.21. The van der Waals surface area contributed by atoms with Crippen molar-refractivity contribution < 1.29 is 18.1 Å². The number of rotatable bonds is 2. The van der Waals surface area contributed by atoms with Gasteiger partial charge < -0.3 is 14.7 Å². The third-order valence-electron chi connectivity index (χ3n) is 4.07. The number of nitrogens with zero attached hydrogens (tertiary/aromatic N) is 2. The van der Waals surface area contributed by atoms with Crippen molar-refractivity contribution >= 4 is 11.7 Å². The van der Waals surface area contributed by atoms with Gasteiger partial charge in [-0.2, -0.15) is 0 Å². The second kappa shape index (κ2) is 5.27. The Morgan fingerprint density at radius 3 is 2.86 bits per heavy atom. The number of carbonyl (C=O) groups excluding carboxylic acids is 1. The second-order valence-corrected chi connectivity index (χ2v) is 5.91. The Bertz CT molecular complexity index is 540. The highest BCUT2D eigenvalue weighted by Crippen LogP contribution is 2.44. The number of alkyl halides is 2. The van der Waals surface area contributed by atoms with Crippen molar-refractivity contribution in [2.45, 2.75) is 50.9 Å². The maximum absolute atomic E-state index is 13.3. The smallest absolute Gasteiger partial charge is 0.321 e. The van der Waals surface area contributed by atoms with Crippen LogP contribution in [0, 0.1) is 6.92 Å². The number of urea groups is 1. The van der Waals surface area contributed by atoms with Crippen molar-refractivity contribution in [1.82, 2.24) is 10.1 Å². The van der Waals surface area contributed by atoms with E-state index in [1.54, 1.807) is 6.92 Å². The zero-order chi connectivity index (χ0) is 15.0. The van der Waals surface area contributed by atoms with E-state index in [1.807, 2.05) is 0 Å². The van der Waals surface area contributed by atoms with Gasteiger partial charge in [0, 0.05) is 31.8 Å². The zero-order valence-corrected chi connectivity index (χ0v) is 12.0. The first-order chi connectivity index (χ1) is 9.96. The van der Waals surface area contributed by atoms with Crippen LogP contribution in [0.3, 0.4) is 0 Å². The minimum Gasteiger partial charge on any atom is -0.359 e. The van der Waals surface area contributed by atoms with Gasteiger partial charge in [0.25, 0.3) is 0 Å². The molecule has 1 aromatic heterocycles. The molecule has 1 saturated heterocycles. The van der Waals surface area contributed by atoms with Crippen LogP contribution in [0.4, 0.5) is 19.3 Å². The van der Waals surface area contributed by atoms with E-state index in [0.717, 1.165) is 12.8 Å². The number of likely N-dealkylation sites (tertiary alicyclic amines) is 1. The molecule has 116 valence electrons. The van der Waals surface area contributed by atoms with Crippen LogP contribution in [0.2, 0.25) is 0 Å². The summed E-state index contributed by atoms with van der Waals surface area (Å²) in [6.45, 7) is 2.19. The number of nitrogens with one attached hydrogen (secondary N) is 1. The SMILES string of the molecule is Cc1noc(C2CC2)c1NC(=O)N1CCCC(F)(F)CC1. The van der Waals surface area contributed by atoms with Crippen molar-refractivity contribution in [2.24, 2.45) is 0 Å². The van der Waals surface area contributed by atoms with Gasteiger partial charge in [0.1, 0.15) is 11.4 Å². The molecule has 0 atom stereocenters. The Balaban J connectivity index is 1.67. The minimum absolute atomic E-state index is 0.0714. The largest absolute Gasteiger partial charge is 0.359 e. The first-order valence-corrected chi connectivity index (χ1v) is 7.36. The lowest BCUT2D eigenvalue weighted by molar-refractivity contribution is -0.0121. The number of amides is 2. The van der Waals surface area contributed by atoms with Crippen molar-refractivity contribution in [2.75, 3.05) is 18.4 Å². The maximum Gasteiger partial charge on any atom is 0.321 e. The molecule has 21 heavy (non-hydrogen) atoms. The van der Waals surface area contributed by atoms with E-state index in [9.17, 15) is 13.6 Å². The number of anilines is 1.